The van der Waals surface area contributed by atoms with Gasteiger partial charge in [0.2, 0.25) is 10.0 Å². The van der Waals surface area contributed by atoms with Gasteiger partial charge in [-0.05, 0) is 32.2 Å². The van der Waals surface area contributed by atoms with Gasteiger partial charge in [-0.2, -0.15) is 4.31 Å². The summed E-state index contributed by atoms with van der Waals surface area (Å²) in [5, 5.41) is 3.41. The molecule has 0 radical (unpaired) electrons. The van der Waals surface area contributed by atoms with Crippen LogP contribution in [-0.4, -0.2) is 43.6 Å². The maximum Gasteiger partial charge on any atom is 0.217 e. The minimum atomic E-state index is -3.12. The normalized spacial score (nSPS) is 32.0. The number of sulfonamides is 1. The van der Waals surface area contributed by atoms with E-state index in [1.807, 2.05) is 0 Å². The molecule has 1 N–H and O–H groups in total. The van der Waals surface area contributed by atoms with E-state index in [0.717, 1.165) is 32.2 Å². The van der Waals surface area contributed by atoms with E-state index in [1.54, 1.807) is 4.31 Å². The molecule has 0 aromatic carbocycles. The fourth-order valence-electron chi connectivity index (χ4n) is 2.80. The Morgan fingerprint density at radius 2 is 2.19 bits per heavy atom. The summed E-state index contributed by atoms with van der Waals surface area (Å²) in [4.78, 5) is 0. The Bertz CT molecular complexity index is 347. The maximum atomic E-state index is 12.0. The first-order chi connectivity index (χ1) is 7.65. The standard InChI is InChI=1S/C11H20N2O2S/c1-2-9-16(14,15)13-8-4-6-11(13)10-5-3-7-12-10/h2,10-12H,1,3-9H2. The lowest BCUT2D eigenvalue weighted by Gasteiger charge is -2.28. The zero-order chi connectivity index (χ0) is 11.6. The van der Waals surface area contributed by atoms with Crippen LogP contribution >= 0.6 is 0 Å². The minimum absolute atomic E-state index is 0.0657. The first-order valence-electron chi connectivity index (χ1n) is 5.99. The van der Waals surface area contributed by atoms with Crippen LogP contribution in [0.1, 0.15) is 25.7 Å². The van der Waals surface area contributed by atoms with Crippen LogP contribution in [0.25, 0.3) is 0 Å². The summed E-state index contributed by atoms with van der Waals surface area (Å²) in [6.45, 7) is 5.22. The van der Waals surface area contributed by atoms with Gasteiger partial charge < -0.3 is 5.32 Å². The highest BCUT2D eigenvalue weighted by Gasteiger charge is 2.38. The van der Waals surface area contributed by atoms with Gasteiger partial charge in [-0.25, -0.2) is 8.42 Å². The number of nitrogens with one attached hydrogen (secondary N) is 1. The molecule has 2 aliphatic heterocycles. The van der Waals surface area contributed by atoms with Crippen LogP contribution in [0.4, 0.5) is 0 Å². The average Bonchev–Trinajstić information content (AvgIpc) is 2.88. The molecule has 5 heteroatoms. The summed E-state index contributed by atoms with van der Waals surface area (Å²) in [6, 6.07) is 0.537. The van der Waals surface area contributed by atoms with Crippen molar-refractivity contribution in [3.63, 3.8) is 0 Å². The van der Waals surface area contributed by atoms with Gasteiger partial charge in [0, 0.05) is 18.6 Å². The summed E-state index contributed by atoms with van der Waals surface area (Å²) in [5.41, 5.74) is 0. The highest BCUT2D eigenvalue weighted by molar-refractivity contribution is 7.89. The second kappa shape index (κ2) is 4.85. The molecule has 2 rings (SSSR count). The van der Waals surface area contributed by atoms with E-state index in [4.69, 9.17) is 0 Å². The molecule has 0 aromatic rings. The van der Waals surface area contributed by atoms with Gasteiger partial charge in [0.05, 0.1) is 5.75 Å². The van der Waals surface area contributed by atoms with Crippen molar-refractivity contribution < 1.29 is 8.42 Å². The van der Waals surface area contributed by atoms with Crippen molar-refractivity contribution in [1.29, 1.82) is 0 Å². The monoisotopic (exact) mass is 244 g/mol. The largest absolute Gasteiger partial charge is 0.312 e. The Kier molecular flexibility index (Phi) is 3.66. The molecule has 2 atom stereocenters. The van der Waals surface area contributed by atoms with Crippen LogP contribution in [0.2, 0.25) is 0 Å². The third kappa shape index (κ3) is 2.31. The topological polar surface area (TPSA) is 49.4 Å². The smallest absolute Gasteiger partial charge is 0.217 e. The molecule has 2 unspecified atom stereocenters. The zero-order valence-corrected chi connectivity index (χ0v) is 10.4. The Balaban J connectivity index is 2.10. The van der Waals surface area contributed by atoms with E-state index in [-0.39, 0.29) is 11.8 Å². The van der Waals surface area contributed by atoms with Crippen molar-refractivity contribution in [2.75, 3.05) is 18.8 Å². The second-order valence-corrected chi connectivity index (χ2v) is 6.56. The molecule has 2 heterocycles. The quantitative estimate of drug-likeness (QED) is 0.741. The molecule has 0 aromatic heterocycles. The molecule has 0 aliphatic carbocycles. The van der Waals surface area contributed by atoms with Crippen molar-refractivity contribution in [3.05, 3.63) is 12.7 Å². The predicted octanol–water partition coefficient (Wildman–Crippen LogP) is 0.719. The van der Waals surface area contributed by atoms with Gasteiger partial charge in [0.25, 0.3) is 0 Å². The molecule has 2 fully saturated rings. The molecule has 0 spiro atoms. The fraction of sp³-hybridized carbons (Fsp3) is 0.818. The van der Waals surface area contributed by atoms with Crippen molar-refractivity contribution >= 4 is 10.0 Å². The van der Waals surface area contributed by atoms with Crippen LogP contribution in [0.3, 0.4) is 0 Å². The summed E-state index contributed by atoms with van der Waals surface area (Å²) in [5.74, 6) is 0.0657. The van der Waals surface area contributed by atoms with Crippen LogP contribution in [0, 0.1) is 0 Å². The first kappa shape index (κ1) is 12.1. The van der Waals surface area contributed by atoms with E-state index in [1.165, 1.54) is 6.08 Å². The van der Waals surface area contributed by atoms with Crippen LogP contribution in [0.5, 0.6) is 0 Å². The average molecular weight is 244 g/mol. The van der Waals surface area contributed by atoms with Crippen molar-refractivity contribution in [2.24, 2.45) is 0 Å². The second-order valence-electron chi connectivity index (χ2n) is 4.59. The SMILES string of the molecule is C=CCS(=O)(=O)N1CCCC1C1CCCN1. The molecule has 4 nitrogen and oxygen atoms in total. The number of nitrogens with zero attached hydrogens (tertiary/aromatic N) is 1. The van der Waals surface area contributed by atoms with E-state index < -0.39 is 10.0 Å². The van der Waals surface area contributed by atoms with Crippen LogP contribution < -0.4 is 5.32 Å². The molecule has 2 saturated heterocycles. The molecule has 0 amide bonds. The first-order valence-corrected chi connectivity index (χ1v) is 7.60. The van der Waals surface area contributed by atoms with Crippen LogP contribution in [-0.2, 0) is 10.0 Å². The van der Waals surface area contributed by atoms with Gasteiger partial charge in [-0.15, -0.1) is 6.58 Å². The molecule has 16 heavy (non-hydrogen) atoms. The van der Waals surface area contributed by atoms with Gasteiger partial charge in [-0.1, -0.05) is 6.08 Å². The van der Waals surface area contributed by atoms with Gasteiger partial charge in [0.15, 0.2) is 0 Å². The lowest BCUT2D eigenvalue weighted by molar-refractivity contribution is 0.323. The zero-order valence-electron chi connectivity index (χ0n) is 9.56. The number of hydrogen-bond acceptors (Lipinski definition) is 3. The number of rotatable bonds is 4. The fourth-order valence-corrected chi connectivity index (χ4v) is 4.36. The van der Waals surface area contributed by atoms with E-state index in [0.29, 0.717) is 12.6 Å². The Morgan fingerprint density at radius 1 is 1.38 bits per heavy atom. The van der Waals surface area contributed by atoms with Gasteiger partial charge >= 0.3 is 0 Å². The lowest BCUT2D eigenvalue weighted by atomic mass is 10.1. The highest BCUT2D eigenvalue weighted by atomic mass is 32.2. The Hall–Kier alpha value is -0.390. The summed E-state index contributed by atoms with van der Waals surface area (Å²) >= 11 is 0. The summed E-state index contributed by atoms with van der Waals surface area (Å²) in [6.07, 6.45) is 5.72. The van der Waals surface area contributed by atoms with E-state index in [2.05, 4.69) is 11.9 Å². The number of hydrogen-bond donors (Lipinski definition) is 1. The lowest BCUT2D eigenvalue weighted by Crippen LogP contribution is -2.47. The third-order valence-corrected chi connectivity index (χ3v) is 5.32. The van der Waals surface area contributed by atoms with E-state index >= 15 is 0 Å². The Labute approximate surface area is 97.8 Å². The van der Waals surface area contributed by atoms with E-state index in [9.17, 15) is 8.42 Å². The third-order valence-electron chi connectivity index (χ3n) is 3.50. The Morgan fingerprint density at radius 3 is 2.81 bits per heavy atom. The molecule has 92 valence electrons. The highest BCUT2D eigenvalue weighted by Crippen LogP contribution is 2.27. The van der Waals surface area contributed by atoms with Gasteiger partial charge in [-0.3, -0.25) is 0 Å². The van der Waals surface area contributed by atoms with Crippen molar-refractivity contribution in [3.8, 4) is 0 Å². The summed E-state index contributed by atoms with van der Waals surface area (Å²) < 4.78 is 25.7. The molecule has 0 saturated carbocycles. The van der Waals surface area contributed by atoms with Crippen molar-refractivity contribution in [1.82, 2.24) is 9.62 Å². The minimum Gasteiger partial charge on any atom is -0.312 e. The van der Waals surface area contributed by atoms with Gasteiger partial charge in [0.1, 0.15) is 0 Å². The molecular formula is C11H20N2O2S. The van der Waals surface area contributed by atoms with Crippen molar-refractivity contribution in [2.45, 2.75) is 37.8 Å². The van der Waals surface area contributed by atoms with Crippen LogP contribution in [0.15, 0.2) is 12.7 Å². The molecule has 0 bridgehead atoms. The summed E-state index contributed by atoms with van der Waals surface area (Å²) in [7, 11) is -3.12. The maximum absolute atomic E-state index is 12.0. The molecular weight excluding hydrogens is 224 g/mol. The predicted molar refractivity (Wildman–Crippen MR) is 64.7 cm³/mol. The molecule has 2 aliphatic rings.